The summed E-state index contributed by atoms with van der Waals surface area (Å²) in [5.74, 6) is -3.26. The average molecular weight is 871 g/mol. The van der Waals surface area contributed by atoms with Crippen LogP contribution in [0.15, 0.2) is 49.3 Å². The number of aryl methyl sites for hydroxylation is 5. The number of nitrogens with zero attached hydrogens (tertiary/aromatic N) is 8. The van der Waals surface area contributed by atoms with Crippen molar-refractivity contribution < 1.29 is 38.4 Å². The molecule has 0 spiro atoms. The van der Waals surface area contributed by atoms with Crippen LogP contribution in [0.25, 0.3) is 0 Å². The van der Waals surface area contributed by atoms with Crippen molar-refractivity contribution in [3.63, 3.8) is 0 Å². The third kappa shape index (κ3) is 12.5. The summed E-state index contributed by atoms with van der Waals surface area (Å²) < 4.78 is 7.43. The van der Waals surface area contributed by atoms with Crippen molar-refractivity contribution in [3.05, 3.63) is 78.2 Å². The van der Waals surface area contributed by atoms with Gasteiger partial charge in [0.25, 0.3) is 29.5 Å². The summed E-state index contributed by atoms with van der Waals surface area (Å²) in [4.78, 5) is 113. The average Bonchev–Trinajstić information content (AvgIpc) is 4.03. The second-order valence-electron chi connectivity index (χ2n) is 14.7. The Morgan fingerprint density at radius 1 is 0.508 bits per heavy atom. The molecule has 5 heterocycles. The minimum absolute atomic E-state index is 0.0148. The molecule has 24 heteroatoms. The molecule has 8 N–H and O–H groups in total. The summed E-state index contributed by atoms with van der Waals surface area (Å²) in [6, 6.07) is 2.93. The van der Waals surface area contributed by atoms with Gasteiger partial charge in [-0.25, -0.2) is 15.0 Å². The van der Waals surface area contributed by atoms with Gasteiger partial charge in [-0.15, -0.1) is 0 Å². The second-order valence-corrected chi connectivity index (χ2v) is 14.7. The third-order valence-corrected chi connectivity index (χ3v) is 9.07. The van der Waals surface area contributed by atoms with Crippen LogP contribution in [0.5, 0.6) is 0 Å². The molecular weight excluding hydrogens is 821 g/mol. The van der Waals surface area contributed by atoms with E-state index >= 15 is 0 Å². The van der Waals surface area contributed by atoms with E-state index in [4.69, 9.17) is 0 Å². The Balaban J connectivity index is 1.03. The first-order chi connectivity index (χ1) is 29.9. The lowest BCUT2D eigenvalue weighted by Gasteiger charge is -2.08. The van der Waals surface area contributed by atoms with Crippen molar-refractivity contribution in [1.82, 2.24) is 59.1 Å². The van der Waals surface area contributed by atoms with Crippen LogP contribution in [-0.4, -0.2) is 111 Å². The molecule has 334 valence electrons. The smallest absolute Gasteiger partial charge is 0.291 e. The molecule has 0 aromatic carbocycles. The van der Waals surface area contributed by atoms with E-state index in [0.29, 0.717) is 5.69 Å². The van der Waals surface area contributed by atoms with Gasteiger partial charge in [-0.1, -0.05) is 0 Å². The van der Waals surface area contributed by atoms with Crippen molar-refractivity contribution >= 4 is 70.3 Å². The molecule has 0 aliphatic heterocycles. The van der Waals surface area contributed by atoms with Crippen LogP contribution in [-0.2, 0) is 49.6 Å². The number of nitrogens with one attached hydrogen (secondary N) is 8. The second kappa shape index (κ2) is 20.5. The quantitative estimate of drug-likeness (QED) is 0.0556. The Labute approximate surface area is 360 Å². The normalized spacial score (nSPS) is 10.9. The van der Waals surface area contributed by atoms with Crippen LogP contribution in [0.2, 0.25) is 0 Å². The third-order valence-electron chi connectivity index (χ3n) is 9.07. The van der Waals surface area contributed by atoms with E-state index in [1.807, 2.05) is 13.8 Å². The van der Waals surface area contributed by atoms with Gasteiger partial charge in [0.15, 0.2) is 17.5 Å². The fraction of sp³-hybridized carbons (Fsp3) is 0.359. The lowest BCUT2D eigenvalue weighted by atomic mass is 10.3. The monoisotopic (exact) mass is 870 g/mol. The summed E-state index contributed by atoms with van der Waals surface area (Å²) in [6.45, 7) is 3.73. The standard InChI is InChI=1S/C39H50N16O8/c1-22(2)44-29(56)8-13-43-37(61)33-49-27(20-54(33)6)47-30(57)9-11-42-36(60)26-17-24(19-53(26)5)46-39(63)34-50-28(21-55(34)7)48-31(58)10-12-41-35(59)25-16-23(18-52(25)4)45-38(62)32-40-14-15-51(32)3/h14-22H,8-13H2,1-7H3,(H,41,59)(H,42,60)(H,43,61)(H,44,56)(H,45,62)(H,46,63)(H,47,57)(H,48,58). The maximum atomic E-state index is 13.1. The number of rotatable bonds is 19. The van der Waals surface area contributed by atoms with Crippen LogP contribution >= 0.6 is 0 Å². The van der Waals surface area contributed by atoms with Gasteiger partial charge < -0.3 is 65.4 Å². The van der Waals surface area contributed by atoms with Crippen LogP contribution < -0.4 is 42.5 Å². The lowest BCUT2D eigenvalue weighted by Crippen LogP contribution is -2.34. The first kappa shape index (κ1) is 46.0. The predicted molar refractivity (Wildman–Crippen MR) is 228 cm³/mol. The lowest BCUT2D eigenvalue weighted by molar-refractivity contribution is -0.121. The number of anilines is 4. The number of hydrogen-bond donors (Lipinski definition) is 8. The van der Waals surface area contributed by atoms with Gasteiger partial charge >= 0.3 is 0 Å². The Bertz CT molecular complexity index is 2540. The van der Waals surface area contributed by atoms with Crippen LogP contribution in [0, 0.1) is 0 Å². The maximum absolute atomic E-state index is 13.1. The highest BCUT2D eigenvalue weighted by Gasteiger charge is 2.21. The van der Waals surface area contributed by atoms with Gasteiger partial charge in [0.2, 0.25) is 29.4 Å². The highest BCUT2D eigenvalue weighted by atomic mass is 16.2. The van der Waals surface area contributed by atoms with Gasteiger partial charge in [-0.3, -0.25) is 38.4 Å². The number of hydrogen-bond acceptors (Lipinski definition) is 11. The Morgan fingerprint density at radius 2 is 0.937 bits per heavy atom. The van der Waals surface area contributed by atoms with Crippen molar-refractivity contribution in [3.8, 4) is 0 Å². The molecule has 24 nitrogen and oxygen atoms in total. The molecule has 0 aliphatic carbocycles. The van der Waals surface area contributed by atoms with Gasteiger partial charge in [-0.05, 0) is 26.0 Å². The number of aromatic nitrogens is 8. The van der Waals surface area contributed by atoms with E-state index < -0.39 is 41.4 Å². The highest BCUT2D eigenvalue weighted by molar-refractivity contribution is 6.04. The summed E-state index contributed by atoms with van der Waals surface area (Å²) in [7, 11) is 8.08. The highest BCUT2D eigenvalue weighted by Crippen LogP contribution is 2.17. The largest absolute Gasteiger partial charge is 0.354 e. The molecule has 0 aliphatic rings. The molecule has 63 heavy (non-hydrogen) atoms. The first-order valence-corrected chi connectivity index (χ1v) is 19.6. The summed E-state index contributed by atoms with van der Waals surface area (Å²) in [5.41, 5.74) is 1.11. The van der Waals surface area contributed by atoms with E-state index in [-0.39, 0.29) is 97.0 Å². The van der Waals surface area contributed by atoms with Gasteiger partial charge in [0.1, 0.15) is 11.4 Å². The summed E-state index contributed by atoms with van der Waals surface area (Å²) >= 11 is 0. The topological polar surface area (TPSA) is 296 Å². The number of amides is 8. The van der Waals surface area contributed by atoms with E-state index in [1.54, 1.807) is 52.2 Å². The minimum atomic E-state index is -0.623. The zero-order valence-corrected chi connectivity index (χ0v) is 35.8. The van der Waals surface area contributed by atoms with E-state index in [9.17, 15) is 38.4 Å². The number of carbonyl (C=O) groups is 8. The molecule has 0 saturated carbocycles. The molecule has 0 unspecified atom stereocenters. The number of imidazole rings is 3. The Morgan fingerprint density at radius 3 is 1.38 bits per heavy atom. The molecule has 0 radical (unpaired) electrons. The Hall–Kier alpha value is -8.05. The summed E-state index contributed by atoms with van der Waals surface area (Å²) in [5, 5.41) is 21.2. The van der Waals surface area contributed by atoms with E-state index in [0.717, 1.165) is 0 Å². The molecule has 0 saturated heterocycles. The zero-order chi connectivity index (χ0) is 46.0. The molecule has 0 fully saturated rings. The van der Waals surface area contributed by atoms with Crippen molar-refractivity contribution in [1.29, 1.82) is 0 Å². The maximum Gasteiger partial charge on any atom is 0.291 e. The molecule has 5 aromatic heterocycles. The number of carbonyl (C=O) groups excluding carboxylic acids is 8. The van der Waals surface area contributed by atoms with Crippen LogP contribution in [0.3, 0.4) is 0 Å². The summed E-state index contributed by atoms with van der Waals surface area (Å²) in [6.07, 6.45) is 9.01. The molecular formula is C39H50N16O8. The van der Waals surface area contributed by atoms with Crippen molar-refractivity contribution in [2.45, 2.75) is 39.2 Å². The van der Waals surface area contributed by atoms with Gasteiger partial charge in [-0.2, -0.15) is 0 Å². The SMILES string of the molecule is CC(C)NC(=O)CCNC(=O)c1nc(NC(=O)CCNC(=O)c2cc(NC(=O)c3nc(NC(=O)CCNC(=O)c4cc(NC(=O)c5nccn5C)cn4C)cn3C)cn2C)cn1C. The predicted octanol–water partition coefficient (Wildman–Crippen LogP) is 0.230. The molecule has 0 bridgehead atoms. The Kier molecular flexibility index (Phi) is 15.0. The molecule has 5 aromatic rings. The minimum Gasteiger partial charge on any atom is -0.354 e. The van der Waals surface area contributed by atoms with Crippen LogP contribution in [0.1, 0.15) is 85.9 Å². The van der Waals surface area contributed by atoms with Crippen molar-refractivity contribution in [2.24, 2.45) is 35.2 Å². The zero-order valence-electron chi connectivity index (χ0n) is 35.8. The van der Waals surface area contributed by atoms with Crippen LogP contribution in [0.4, 0.5) is 23.0 Å². The van der Waals surface area contributed by atoms with E-state index in [1.165, 1.54) is 55.2 Å². The van der Waals surface area contributed by atoms with Gasteiger partial charge in [0, 0.05) is 117 Å². The molecule has 5 rings (SSSR count). The van der Waals surface area contributed by atoms with E-state index in [2.05, 4.69) is 57.5 Å². The molecule has 0 atom stereocenters. The fourth-order valence-corrected chi connectivity index (χ4v) is 6.08. The van der Waals surface area contributed by atoms with Gasteiger partial charge in [0.05, 0.1) is 11.4 Å². The first-order valence-electron chi connectivity index (χ1n) is 19.6. The fourth-order valence-electron chi connectivity index (χ4n) is 6.08. The molecule has 8 amide bonds. The van der Waals surface area contributed by atoms with Crippen molar-refractivity contribution in [2.75, 3.05) is 40.9 Å².